The van der Waals surface area contributed by atoms with Crippen molar-refractivity contribution in [1.82, 2.24) is 14.6 Å². The van der Waals surface area contributed by atoms with E-state index >= 15 is 0 Å². The maximum absolute atomic E-state index is 11.5. The number of anilines is 1. The number of nitrogens with zero attached hydrogens (tertiary/aromatic N) is 4. The summed E-state index contributed by atoms with van der Waals surface area (Å²) in [6.45, 7) is 7.63. The van der Waals surface area contributed by atoms with Crippen LogP contribution in [0.4, 0.5) is 5.69 Å². The molecular weight excluding hydrogens is 408 g/mol. The summed E-state index contributed by atoms with van der Waals surface area (Å²) in [4.78, 5) is 19.4. The lowest BCUT2D eigenvalue weighted by Gasteiger charge is -2.36. The van der Waals surface area contributed by atoms with Crippen LogP contribution in [0.1, 0.15) is 31.1 Å². The van der Waals surface area contributed by atoms with E-state index in [1.54, 1.807) is 18.3 Å². The molecule has 2 atom stereocenters. The Morgan fingerprint density at radius 2 is 1.65 bits per heavy atom. The lowest BCUT2D eigenvalue weighted by Crippen LogP contribution is -2.45. The Morgan fingerprint density at radius 1 is 1.00 bits per heavy atom. The number of hydrogen-bond donors (Lipinski definition) is 0. The Kier molecular flexibility index (Phi) is 5.08. The summed E-state index contributed by atoms with van der Waals surface area (Å²) in [5.41, 5.74) is 4.83. The molecule has 31 heavy (non-hydrogen) atoms. The van der Waals surface area contributed by atoms with Crippen molar-refractivity contribution >= 4 is 27.8 Å². The van der Waals surface area contributed by atoms with E-state index in [0.717, 1.165) is 39.9 Å². The van der Waals surface area contributed by atoms with Crippen molar-refractivity contribution in [1.29, 1.82) is 0 Å². The molecule has 0 spiro atoms. The molecule has 0 saturated carbocycles. The van der Waals surface area contributed by atoms with E-state index in [2.05, 4.69) is 43.0 Å². The van der Waals surface area contributed by atoms with Gasteiger partial charge in [0, 0.05) is 35.5 Å². The van der Waals surface area contributed by atoms with Crippen LogP contribution < -0.4 is 4.90 Å². The number of imidazole rings is 1. The number of rotatable bonds is 4. The van der Waals surface area contributed by atoms with Crippen molar-refractivity contribution in [2.45, 2.75) is 33.0 Å². The Hall–Kier alpha value is -3.03. The van der Waals surface area contributed by atoms with Crippen LogP contribution in [0.5, 0.6) is 0 Å². The molecule has 7 heteroatoms. The van der Waals surface area contributed by atoms with Gasteiger partial charge in [-0.3, -0.25) is 4.79 Å². The number of benzene rings is 2. The number of carbonyl (C=O) groups excluding carboxylic acids is 1. The zero-order valence-electron chi connectivity index (χ0n) is 17.8. The second kappa shape index (κ2) is 7.90. The van der Waals surface area contributed by atoms with Crippen molar-refractivity contribution in [2.24, 2.45) is 0 Å². The zero-order chi connectivity index (χ0) is 21.5. The van der Waals surface area contributed by atoms with Crippen molar-refractivity contribution in [3.05, 3.63) is 60.3 Å². The minimum Gasteiger partial charge on any atom is -0.372 e. The smallest absolute Gasteiger partial charge is 0.213 e. The number of morpholine rings is 1. The highest BCUT2D eigenvalue weighted by Crippen LogP contribution is 2.30. The van der Waals surface area contributed by atoms with E-state index in [4.69, 9.17) is 14.8 Å². The molecule has 5 rings (SSSR count). The first-order valence-electron chi connectivity index (χ1n) is 10.4. The number of carbonyl (C=O) groups is 1. The van der Waals surface area contributed by atoms with Crippen molar-refractivity contribution in [2.75, 3.05) is 18.0 Å². The van der Waals surface area contributed by atoms with Crippen LogP contribution in [0, 0.1) is 0 Å². The maximum Gasteiger partial charge on any atom is 0.213 e. The third-order valence-corrected chi connectivity index (χ3v) is 6.50. The first-order valence-corrected chi connectivity index (χ1v) is 11.3. The van der Waals surface area contributed by atoms with Crippen LogP contribution in [0.3, 0.4) is 0 Å². The van der Waals surface area contributed by atoms with Gasteiger partial charge in [-0.2, -0.15) is 5.10 Å². The van der Waals surface area contributed by atoms with Crippen LogP contribution in [-0.4, -0.2) is 45.7 Å². The minimum absolute atomic E-state index is 0.0624. The van der Waals surface area contributed by atoms with Crippen molar-refractivity contribution in [3.63, 3.8) is 0 Å². The lowest BCUT2D eigenvalue weighted by molar-refractivity contribution is -0.00521. The van der Waals surface area contributed by atoms with Gasteiger partial charge in [0.1, 0.15) is 5.01 Å². The van der Waals surface area contributed by atoms with Gasteiger partial charge in [0.2, 0.25) is 4.96 Å². The Balaban J connectivity index is 1.36. The van der Waals surface area contributed by atoms with E-state index in [9.17, 15) is 4.79 Å². The lowest BCUT2D eigenvalue weighted by atomic mass is 10.1. The van der Waals surface area contributed by atoms with Gasteiger partial charge in [0.05, 0.1) is 24.1 Å². The molecule has 158 valence electrons. The summed E-state index contributed by atoms with van der Waals surface area (Å²) >= 11 is 1.57. The SMILES string of the molecule is CC(=O)c1ccc(-c2cn3nc(-c4ccc(N5C[C@@H](C)O[C@@H](C)C5)cc4)sc3n2)cc1. The molecule has 0 amide bonds. The zero-order valence-corrected chi connectivity index (χ0v) is 18.6. The first kappa shape index (κ1) is 19.9. The van der Waals surface area contributed by atoms with Crippen molar-refractivity contribution < 1.29 is 9.53 Å². The van der Waals surface area contributed by atoms with E-state index in [1.807, 2.05) is 35.0 Å². The Bertz CT molecular complexity index is 1190. The highest BCUT2D eigenvalue weighted by Gasteiger charge is 2.22. The quantitative estimate of drug-likeness (QED) is 0.428. The highest BCUT2D eigenvalue weighted by atomic mass is 32.1. The molecule has 0 unspecified atom stereocenters. The Labute approximate surface area is 185 Å². The summed E-state index contributed by atoms with van der Waals surface area (Å²) in [7, 11) is 0. The van der Waals surface area contributed by atoms with Gasteiger partial charge >= 0.3 is 0 Å². The van der Waals surface area contributed by atoms with Gasteiger partial charge in [-0.05, 0) is 45.0 Å². The second-order valence-electron chi connectivity index (χ2n) is 8.10. The molecule has 3 heterocycles. The van der Waals surface area contributed by atoms with Crippen LogP contribution in [0.25, 0.3) is 26.8 Å². The number of fused-ring (bicyclic) bond motifs is 1. The average molecular weight is 433 g/mol. The average Bonchev–Trinajstić information content (AvgIpc) is 3.33. The summed E-state index contributed by atoms with van der Waals surface area (Å²) in [5, 5.41) is 5.67. The number of ketones is 1. The molecule has 1 aliphatic rings. The summed E-state index contributed by atoms with van der Waals surface area (Å²) in [6, 6.07) is 16.1. The Morgan fingerprint density at radius 3 is 2.26 bits per heavy atom. The predicted molar refractivity (Wildman–Crippen MR) is 124 cm³/mol. The molecule has 0 N–H and O–H groups in total. The third kappa shape index (κ3) is 3.98. The molecule has 1 fully saturated rings. The molecule has 0 bridgehead atoms. The van der Waals surface area contributed by atoms with Gasteiger partial charge in [0.25, 0.3) is 0 Å². The topological polar surface area (TPSA) is 59.7 Å². The van der Waals surface area contributed by atoms with Crippen molar-refractivity contribution in [3.8, 4) is 21.8 Å². The maximum atomic E-state index is 11.5. The molecule has 0 radical (unpaired) electrons. The molecule has 4 aromatic rings. The van der Waals surface area contributed by atoms with Crippen LogP contribution >= 0.6 is 11.3 Å². The number of Topliss-reactive ketones (excluding diaryl/α,β-unsaturated/α-hetero) is 1. The van der Waals surface area contributed by atoms with Crippen LogP contribution in [-0.2, 0) is 4.74 Å². The minimum atomic E-state index is 0.0624. The number of hydrogen-bond acceptors (Lipinski definition) is 6. The van der Waals surface area contributed by atoms with Gasteiger partial charge < -0.3 is 9.64 Å². The highest BCUT2D eigenvalue weighted by molar-refractivity contribution is 7.19. The van der Waals surface area contributed by atoms with Gasteiger partial charge in [0.15, 0.2) is 5.78 Å². The number of aromatic nitrogens is 3. The van der Waals surface area contributed by atoms with E-state index in [1.165, 1.54) is 5.69 Å². The molecule has 1 aliphatic heterocycles. The third-order valence-electron chi connectivity index (χ3n) is 5.53. The van der Waals surface area contributed by atoms with Crippen LogP contribution in [0.2, 0.25) is 0 Å². The van der Waals surface area contributed by atoms with E-state index in [0.29, 0.717) is 5.56 Å². The fraction of sp³-hybridized carbons (Fsp3) is 0.292. The standard InChI is InChI=1S/C24H24N4O2S/c1-15-12-27(13-16(2)30-15)21-10-8-20(9-11-21)23-26-28-14-22(25-24(28)31-23)19-6-4-18(5-7-19)17(3)29/h4-11,14-16H,12-13H2,1-3H3/t15-,16+. The van der Waals surface area contributed by atoms with Crippen LogP contribution in [0.15, 0.2) is 54.7 Å². The predicted octanol–water partition coefficient (Wildman–Crippen LogP) is 4.94. The number of ether oxygens (including phenoxy) is 1. The monoisotopic (exact) mass is 432 g/mol. The molecule has 1 saturated heterocycles. The summed E-state index contributed by atoms with van der Waals surface area (Å²) in [6.07, 6.45) is 2.41. The molecular formula is C24H24N4O2S. The first-order chi connectivity index (χ1) is 15.0. The molecule has 2 aromatic carbocycles. The molecule has 6 nitrogen and oxygen atoms in total. The molecule has 2 aromatic heterocycles. The second-order valence-corrected chi connectivity index (χ2v) is 9.06. The summed E-state index contributed by atoms with van der Waals surface area (Å²) in [5.74, 6) is 0.0624. The van der Waals surface area contributed by atoms with Gasteiger partial charge in [-0.1, -0.05) is 35.6 Å². The van der Waals surface area contributed by atoms with Gasteiger partial charge in [-0.25, -0.2) is 9.50 Å². The normalized spacial score (nSPS) is 19.1. The van der Waals surface area contributed by atoms with E-state index < -0.39 is 0 Å². The molecule has 0 aliphatic carbocycles. The van der Waals surface area contributed by atoms with Gasteiger partial charge in [-0.15, -0.1) is 0 Å². The largest absolute Gasteiger partial charge is 0.372 e. The fourth-order valence-corrected chi connectivity index (χ4v) is 4.92. The summed E-state index contributed by atoms with van der Waals surface area (Å²) < 4.78 is 7.67. The van der Waals surface area contributed by atoms with E-state index in [-0.39, 0.29) is 18.0 Å². The fourth-order valence-electron chi connectivity index (χ4n) is 4.04.